The summed E-state index contributed by atoms with van der Waals surface area (Å²) < 4.78 is 28.8. The van der Waals surface area contributed by atoms with Gasteiger partial charge in [0.25, 0.3) is 0 Å². The Bertz CT molecular complexity index is 1240. The van der Waals surface area contributed by atoms with Crippen molar-refractivity contribution >= 4 is 48.6 Å². The maximum atomic E-state index is 12.5. The van der Waals surface area contributed by atoms with Crippen LogP contribution in [-0.4, -0.2) is 37.5 Å². The Kier molecular flexibility index (Phi) is 7.04. The van der Waals surface area contributed by atoms with Gasteiger partial charge in [-0.25, -0.2) is 18.1 Å². The van der Waals surface area contributed by atoms with Gasteiger partial charge in [-0.2, -0.15) is 4.98 Å². The highest BCUT2D eigenvalue weighted by molar-refractivity contribution is 9.10. The number of rotatable bonds is 9. The predicted octanol–water partition coefficient (Wildman–Crippen LogP) is 5.16. The molecule has 0 aliphatic heterocycles. The number of aromatic nitrogens is 2. The van der Waals surface area contributed by atoms with E-state index in [-0.39, 0.29) is 0 Å². The van der Waals surface area contributed by atoms with Crippen LogP contribution in [0, 0.1) is 11.8 Å². The van der Waals surface area contributed by atoms with Gasteiger partial charge in [0.05, 0.1) is 10.4 Å². The molecule has 34 heavy (non-hydrogen) atoms. The van der Waals surface area contributed by atoms with Gasteiger partial charge in [-0.05, 0) is 86.8 Å². The van der Waals surface area contributed by atoms with Crippen LogP contribution in [0.4, 0.5) is 11.8 Å². The van der Waals surface area contributed by atoms with Crippen molar-refractivity contribution in [2.75, 3.05) is 23.7 Å². The number of hydrogen-bond acceptors (Lipinski definition) is 6. The van der Waals surface area contributed by atoms with Crippen molar-refractivity contribution < 1.29 is 8.42 Å². The number of nitrogens with zero attached hydrogens (tertiary/aromatic N) is 2. The van der Waals surface area contributed by atoms with Gasteiger partial charge in [-0.1, -0.05) is 28.1 Å². The zero-order valence-electron chi connectivity index (χ0n) is 19.0. The molecule has 2 aliphatic carbocycles. The second-order valence-corrected chi connectivity index (χ2v) is 12.1. The highest BCUT2D eigenvalue weighted by Crippen LogP contribution is 2.31. The van der Waals surface area contributed by atoms with Gasteiger partial charge < -0.3 is 10.6 Å². The number of hydrogen-bond donors (Lipinski definition) is 3. The maximum Gasteiger partial charge on any atom is 0.240 e. The van der Waals surface area contributed by atoms with E-state index < -0.39 is 10.0 Å². The molecule has 0 saturated heterocycles. The van der Waals surface area contributed by atoms with Crippen LogP contribution in [0.1, 0.15) is 38.5 Å². The third-order valence-corrected chi connectivity index (χ3v) is 8.69. The predicted molar refractivity (Wildman–Crippen MR) is 139 cm³/mol. The lowest BCUT2D eigenvalue weighted by atomic mass is 9.82. The Labute approximate surface area is 209 Å². The summed E-state index contributed by atoms with van der Waals surface area (Å²) in [6.07, 6.45) is 6.56. The molecular weight excluding hydrogens is 514 g/mol. The second-order valence-electron chi connectivity index (χ2n) is 9.41. The molecule has 0 bridgehead atoms. The first kappa shape index (κ1) is 23.5. The fourth-order valence-electron chi connectivity index (χ4n) is 4.49. The number of benzene rings is 2. The van der Waals surface area contributed by atoms with E-state index >= 15 is 0 Å². The topological polar surface area (TPSA) is 96.0 Å². The summed E-state index contributed by atoms with van der Waals surface area (Å²) in [5.41, 5.74) is 0.949. The van der Waals surface area contributed by atoms with Crippen LogP contribution in [-0.2, 0) is 10.0 Å². The highest BCUT2D eigenvalue weighted by atomic mass is 79.9. The zero-order chi connectivity index (χ0) is 23.5. The van der Waals surface area contributed by atoms with Crippen LogP contribution in [0.15, 0.2) is 57.9 Å². The first-order chi connectivity index (χ1) is 16.5. The van der Waals surface area contributed by atoms with Gasteiger partial charge in [0.1, 0.15) is 5.82 Å². The standard InChI is InChI=1S/C25H30BrN5O2S/c26-19-9-13-21(14-10-19)34(32,33)28-16-18-7-5-17(6-8-18)15-27-25-30-23-4-2-1-3-22(23)24(31-25)29-20-11-12-20/h1-4,9-10,13-14,17-18,20,28H,5-8,11-12,15-16H2,(H2,27,29,30,31)/t17-,18-. The van der Waals surface area contributed by atoms with Crippen LogP contribution in [0.2, 0.25) is 0 Å². The molecule has 180 valence electrons. The molecule has 2 fully saturated rings. The molecule has 2 aromatic carbocycles. The van der Waals surface area contributed by atoms with E-state index in [0.29, 0.717) is 35.3 Å². The Morgan fingerprint density at radius 1 is 0.853 bits per heavy atom. The first-order valence-electron chi connectivity index (χ1n) is 12.0. The van der Waals surface area contributed by atoms with Crippen LogP contribution >= 0.6 is 15.9 Å². The van der Waals surface area contributed by atoms with E-state index in [1.807, 2.05) is 18.2 Å². The highest BCUT2D eigenvalue weighted by Gasteiger charge is 2.25. The zero-order valence-corrected chi connectivity index (χ0v) is 21.4. The number of para-hydroxylation sites is 1. The number of halogens is 1. The first-order valence-corrected chi connectivity index (χ1v) is 14.3. The average molecular weight is 545 g/mol. The van der Waals surface area contributed by atoms with Crippen LogP contribution < -0.4 is 15.4 Å². The van der Waals surface area contributed by atoms with Crippen molar-refractivity contribution in [1.29, 1.82) is 0 Å². The lowest BCUT2D eigenvalue weighted by Gasteiger charge is -2.28. The molecule has 0 unspecified atom stereocenters. The molecule has 0 spiro atoms. The van der Waals surface area contributed by atoms with E-state index in [1.54, 1.807) is 24.3 Å². The fourth-order valence-corrected chi connectivity index (χ4v) is 5.87. The van der Waals surface area contributed by atoms with Gasteiger partial charge in [-0.15, -0.1) is 0 Å². The monoisotopic (exact) mass is 543 g/mol. The fraction of sp³-hybridized carbons (Fsp3) is 0.440. The van der Waals surface area contributed by atoms with E-state index in [0.717, 1.165) is 53.4 Å². The molecule has 3 N–H and O–H groups in total. The quantitative estimate of drug-likeness (QED) is 0.344. The van der Waals surface area contributed by atoms with Crippen LogP contribution in [0.25, 0.3) is 10.9 Å². The minimum absolute atomic E-state index is 0.305. The van der Waals surface area contributed by atoms with Gasteiger partial charge >= 0.3 is 0 Å². The van der Waals surface area contributed by atoms with Gasteiger partial charge in [-0.3, -0.25) is 0 Å². The molecule has 0 radical (unpaired) electrons. The minimum atomic E-state index is -3.47. The summed E-state index contributed by atoms with van der Waals surface area (Å²) in [6, 6.07) is 15.4. The van der Waals surface area contributed by atoms with Crippen molar-refractivity contribution in [2.24, 2.45) is 11.8 Å². The molecule has 9 heteroatoms. The lowest BCUT2D eigenvalue weighted by molar-refractivity contribution is 0.284. The smallest absolute Gasteiger partial charge is 0.240 e. The SMILES string of the molecule is O=S(=O)(NC[C@H]1CC[C@H](CNc2nc(NC3CC3)c3ccccc3n2)CC1)c1ccc(Br)cc1. The molecule has 3 aromatic rings. The Hall–Kier alpha value is -2.23. The number of nitrogens with one attached hydrogen (secondary N) is 3. The Balaban J connectivity index is 1.12. The number of sulfonamides is 1. The summed E-state index contributed by atoms with van der Waals surface area (Å²) in [4.78, 5) is 9.77. The van der Waals surface area contributed by atoms with Gasteiger partial charge in [0.2, 0.25) is 16.0 Å². The third kappa shape index (κ3) is 5.87. The Morgan fingerprint density at radius 3 is 2.24 bits per heavy atom. The van der Waals surface area contributed by atoms with Crippen molar-refractivity contribution in [3.63, 3.8) is 0 Å². The lowest BCUT2D eigenvalue weighted by Crippen LogP contribution is -2.32. The molecular formula is C25H30BrN5O2S. The van der Waals surface area contributed by atoms with E-state index in [1.165, 1.54) is 12.8 Å². The summed E-state index contributed by atoms with van der Waals surface area (Å²) >= 11 is 3.34. The van der Waals surface area contributed by atoms with Crippen molar-refractivity contribution in [2.45, 2.75) is 49.5 Å². The number of anilines is 2. The van der Waals surface area contributed by atoms with E-state index in [2.05, 4.69) is 37.4 Å². The largest absolute Gasteiger partial charge is 0.367 e. The molecule has 2 aliphatic rings. The van der Waals surface area contributed by atoms with Crippen LogP contribution in [0.3, 0.4) is 0 Å². The van der Waals surface area contributed by atoms with Gasteiger partial charge in [0.15, 0.2) is 0 Å². The van der Waals surface area contributed by atoms with E-state index in [9.17, 15) is 8.42 Å². The second kappa shape index (κ2) is 10.2. The maximum absolute atomic E-state index is 12.5. The van der Waals surface area contributed by atoms with Crippen molar-refractivity contribution in [3.05, 3.63) is 53.0 Å². The molecule has 2 saturated carbocycles. The van der Waals surface area contributed by atoms with Crippen LogP contribution in [0.5, 0.6) is 0 Å². The minimum Gasteiger partial charge on any atom is -0.367 e. The molecule has 0 amide bonds. The molecule has 7 nitrogen and oxygen atoms in total. The van der Waals surface area contributed by atoms with Crippen molar-refractivity contribution in [1.82, 2.24) is 14.7 Å². The summed E-state index contributed by atoms with van der Waals surface area (Å²) in [7, 11) is -3.47. The summed E-state index contributed by atoms with van der Waals surface area (Å²) in [6.45, 7) is 1.32. The molecule has 5 rings (SSSR count). The van der Waals surface area contributed by atoms with Gasteiger partial charge in [0, 0.05) is 29.0 Å². The normalized spacial score (nSPS) is 20.9. The van der Waals surface area contributed by atoms with E-state index in [4.69, 9.17) is 9.97 Å². The number of fused-ring (bicyclic) bond motifs is 1. The summed E-state index contributed by atoms with van der Waals surface area (Å²) in [5, 5.41) is 8.06. The Morgan fingerprint density at radius 2 is 1.53 bits per heavy atom. The van der Waals surface area contributed by atoms with Crippen molar-refractivity contribution in [3.8, 4) is 0 Å². The summed E-state index contributed by atoms with van der Waals surface area (Å²) in [5.74, 6) is 2.49. The molecule has 1 heterocycles. The average Bonchev–Trinajstić information content (AvgIpc) is 3.66. The molecule has 0 atom stereocenters. The third-order valence-electron chi connectivity index (χ3n) is 6.72. The molecule has 1 aromatic heterocycles.